The Kier molecular flexibility index (Phi) is 15.5. The van der Waals surface area contributed by atoms with Gasteiger partial charge in [0.15, 0.2) is 0 Å². The van der Waals surface area contributed by atoms with Crippen LogP contribution in [0.3, 0.4) is 0 Å². The molecule has 0 amide bonds. The standard InChI is InChI=1S/C31H43BNO6/c1-7-8-9-12-22(3)25(34)17-15-21(2)14-16-24(5)30(37)29-26(35)19-27(39-31(29)32)23(4)13-10-11-18-33-20-28(36)38-6/h7-8,11-12,14,16,18-19,23,25,33-35H,9-10,13,15,17,20H2,1-6H3/b8-7+,18-11+,21-14+,22-12+,24-16+/t23-,25-/m1/s1. The first-order chi connectivity index (χ1) is 18.5. The Morgan fingerprint density at radius 2 is 1.90 bits per heavy atom. The molecule has 0 bridgehead atoms. The molecular formula is C31H43BNO6. The second-order valence-electron chi connectivity index (χ2n) is 9.61. The predicted octanol–water partition coefficient (Wildman–Crippen LogP) is 5.22. The van der Waals surface area contributed by atoms with Gasteiger partial charge in [0.25, 0.3) is 0 Å². The van der Waals surface area contributed by atoms with Gasteiger partial charge in [-0.3, -0.25) is 0 Å². The molecule has 0 aromatic rings. The first-order valence-electron chi connectivity index (χ1n) is 13.3. The van der Waals surface area contributed by atoms with E-state index >= 15 is 0 Å². The molecule has 3 N–H and O–H groups in total. The van der Waals surface area contributed by atoms with Crippen LogP contribution in [0.15, 0.2) is 82.5 Å². The minimum atomic E-state index is -0.510. The average molecular weight is 536 g/mol. The predicted molar refractivity (Wildman–Crippen MR) is 158 cm³/mol. The normalized spacial score (nSPS) is 16.8. The minimum absolute atomic E-state index is 0.0602. The number of hydrogen-bond acceptors (Lipinski definition) is 7. The summed E-state index contributed by atoms with van der Waals surface area (Å²) in [6, 6.07) is 0. The first kappa shape index (κ1) is 33.6. The monoisotopic (exact) mass is 536 g/mol. The quantitative estimate of drug-likeness (QED) is 0.0817. The van der Waals surface area contributed by atoms with E-state index in [-0.39, 0.29) is 35.4 Å². The number of esters is 1. The number of methoxy groups -OCH3 is 1. The summed E-state index contributed by atoms with van der Waals surface area (Å²) in [4.78, 5) is 24.1. The van der Waals surface area contributed by atoms with Crippen LogP contribution in [0.1, 0.15) is 66.7 Å². The van der Waals surface area contributed by atoms with Gasteiger partial charge in [-0.15, -0.1) is 0 Å². The molecular weight excluding hydrogens is 493 g/mol. The van der Waals surface area contributed by atoms with Crippen LogP contribution in [0.2, 0.25) is 0 Å². The summed E-state index contributed by atoms with van der Waals surface area (Å²) in [6.45, 7) is 9.52. The van der Waals surface area contributed by atoms with Crippen LogP contribution < -0.4 is 5.32 Å². The number of allylic oxidation sites excluding steroid dienone is 10. The minimum Gasteiger partial charge on any atom is -0.0914 e. The van der Waals surface area contributed by atoms with Crippen molar-refractivity contribution in [1.29, 1.82) is 0 Å². The maximum atomic E-state index is 13.0. The Bertz CT molecular complexity index is 1090. The van der Waals surface area contributed by atoms with Crippen LogP contribution in [0, 0.1) is 5.92 Å². The summed E-state index contributed by atoms with van der Waals surface area (Å²) in [5.74, 6) is -0.579. The first-order valence-corrected chi connectivity index (χ1v) is 13.3. The van der Waals surface area contributed by atoms with Crippen molar-refractivity contribution >= 4 is 24.9 Å². The van der Waals surface area contributed by atoms with Crippen molar-refractivity contribution in [1.82, 2.24) is 5.32 Å². The van der Waals surface area contributed by atoms with Crippen molar-refractivity contribution in [3.63, 3.8) is 0 Å². The van der Waals surface area contributed by atoms with Gasteiger partial charge in [-0.25, -0.2) is 0 Å². The molecule has 1 radical (unpaired) electrons. The van der Waals surface area contributed by atoms with Crippen molar-refractivity contribution in [2.75, 3.05) is 13.7 Å². The zero-order valence-electron chi connectivity index (χ0n) is 24.1. The molecule has 0 aliphatic carbocycles. The Labute approximate surface area is 234 Å². The fourth-order valence-corrected chi connectivity index (χ4v) is 3.62. The van der Waals surface area contributed by atoms with Gasteiger partial charge < -0.3 is 0 Å². The van der Waals surface area contributed by atoms with E-state index in [1.807, 2.05) is 58.1 Å². The number of ketones is 1. The molecule has 0 saturated carbocycles. The molecule has 39 heavy (non-hydrogen) atoms. The van der Waals surface area contributed by atoms with Crippen molar-refractivity contribution in [3.05, 3.63) is 82.5 Å². The third-order valence-corrected chi connectivity index (χ3v) is 6.32. The molecule has 7 nitrogen and oxygen atoms in total. The Morgan fingerprint density at radius 1 is 1.18 bits per heavy atom. The van der Waals surface area contributed by atoms with E-state index < -0.39 is 11.9 Å². The van der Waals surface area contributed by atoms with E-state index in [9.17, 15) is 19.8 Å². The van der Waals surface area contributed by atoms with E-state index in [1.165, 1.54) is 13.2 Å². The molecule has 1 aliphatic rings. The number of aliphatic hydroxyl groups excluding tert-OH is 2. The van der Waals surface area contributed by atoms with E-state index in [0.29, 0.717) is 37.0 Å². The molecule has 1 heterocycles. The Balaban J connectivity index is 2.75. The molecule has 0 fully saturated rings. The third kappa shape index (κ3) is 12.3. The summed E-state index contributed by atoms with van der Waals surface area (Å²) in [5, 5.41) is 23.8. The number of rotatable bonds is 16. The number of ether oxygens (including phenoxy) is 2. The summed E-state index contributed by atoms with van der Waals surface area (Å²) in [5.41, 5.74) is 2.17. The van der Waals surface area contributed by atoms with Crippen molar-refractivity contribution in [2.24, 2.45) is 5.92 Å². The molecule has 0 saturated heterocycles. The third-order valence-electron chi connectivity index (χ3n) is 6.32. The number of carbonyl (C=O) groups is 2. The van der Waals surface area contributed by atoms with Crippen molar-refractivity contribution in [3.8, 4) is 0 Å². The van der Waals surface area contributed by atoms with E-state index in [0.717, 1.165) is 17.6 Å². The van der Waals surface area contributed by atoms with Crippen molar-refractivity contribution < 1.29 is 29.3 Å². The number of aliphatic hydroxyl groups is 2. The zero-order valence-corrected chi connectivity index (χ0v) is 24.1. The maximum absolute atomic E-state index is 13.0. The SMILES string of the molecule is [B]=C1OC([C@H](C)CC/C=C/NCC(=O)OC)=CC(O)=C1C(=O)/C(C)=C/C=C(\C)CC[C@@H](O)/C(C)=C/C/C=C/C. The second-order valence-corrected chi connectivity index (χ2v) is 9.61. The topological polar surface area (TPSA) is 105 Å². The number of carbonyl (C=O) groups excluding carboxylic acids is 2. The number of Topliss-reactive ketones (excluding diaryl/α,β-unsaturated/α-hetero) is 1. The Morgan fingerprint density at radius 3 is 2.54 bits per heavy atom. The molecule has 1 aliphatic heterocycles. The molecule has 8 heteroatoms. The average Bonchev–Trinajstić information content (AvgIpc) is 2.91. The van der Waals surface area contributed by atoms with Crippen LogP contribution in [0.5, 0.6) is 0 Å². The molecule has 0 unspecified atom stereocenters. The van der Waals surface area contributed by atoms with Gasteiger partial charge >= 0.3 is 202 Å². The van der Waals surface area contributed by atoms with Gasteiger partial charge in [-0.05, 0) is 13.3 Å². The summed E-state index contributed by atoms with van der Waals surface area (Å²) >= 11 is 0. The van der Waals surface area contributed by atoms with Crippen LogP contribution in [-0.4, -0.2) is 54.9 Å². The zero-order chi connectivity index (χ0) is 29.4. The van der Waals surface area contributed by atoms with Gasteiger partial charge in [-0.2, -0.15) is 0 Å². The van der Waals surface area contributed by atoms with E-state index in [1.54, 1.807) is 19.2 Å². The molecule has 1 rings (SSSR count). The smallest absolute Gasteiger partial charge is 0.0914 e. The Hall–Kier alpha value is -3.39. The van der Waals surface area contributed by atoms with Crippen LogP contribution in [-0.2, 0) is 19.1 Å². The summed E-state index contributed by atoms with van der Waals surface area (Å²) in [7, 11) is 7.38. The van der Waals surface area contributed by atoms with Gasteiger partial charge in [-0.1, -0.05) is 12.2 Å². The van der Waals surface area contributed by atoms with Gasteiger partial charge in [0.2, 0.25) is 0 Å². The van der Waals surface area contributed by atoms with Crippen LogP contribution in [0.25, 0.3) is 0 Å². The van der Waals surface area contributed by atoms with Gasteiger partial charge in [0, 0.05) is 0 Å². The second kappa shape index (κ2) is 18.0. The summed E-state index contributed by atoms with van der Waals surface area (Å²) in [6.07, 6.45) is 17.5. The molecule has 0 spiro atoms. The van der Waals surface area contributed by atoms with E-state index in [4.69, 9.17) is 12.2 Å². The molecule has 0 aromatic heterocycles. The molecule has 0 aromatic carbocycles. The van der Waals surface area contributed by atoms with E-state index in [2.05, 4.69) is 10.1 Å². The van der Waals surface area contributed by atoms with Gasteiger partial charge in [0.05, 0.1) is 7.11 Å². The molecule has 2 atom stereocenters. The summed E-state index contributed by atoms with van der Waals surface area (Å²) < 4.78 is 10.3. The number of hydrogen-bond donors (Lipinski definition) is 3. The van der Waals surface area contributed by atoms with Crippen LogP contribution in [0.4, 0.5) is 0 Å². The van der Waals surface area contributed by atoms with Gasteiger partial charge in [0.1, 0.15) is 0 Å². The number of nitrogens with one attached hydrogen (secondary N) is 1. The molecule has 211 valence electrons. The fourth-order valence-electron chi connectivity index (χ4n) is 3.62. The fraction of sp³-hybridized carbons (Fsp3) is 0.452. The van der Waals surface area contributed by atoms with Crippen molar-refractivity contribution in [2.45, 2.75) is 72.8 Å². The van der Waals surface area contributed by atoms with Crippen LogP contribution >= 0.6 is 0 Å².